The van der Waals surface area contributed by atoms with Crippen molar-refractivity contribution in [2.24, 2.45) is 0 Å². The number of amides is 1. The van der Waals surface area contributed by atoms with E-state index < -0.39 is 0 Å². The maximum absolute atomic E-state index is 13.2. The summed E-state index contributed by atoms with van der Waals surface area (Å²) in [6.45, 7) is 1.66. The maximum Gasteiger partial charge on any atom is 0.263 e. The molecule has 8 heteroatoms. The van der Waals surface area contributed by atoms with Gasteiger partial charge in [-0.3, -0.25) is 14.2 Å². The lowest BCUT2D eigenvalue weighted by Gasteiger charge is -2.10. The molecule has 0 aliphatic carbocycles. The molecule has 2 heterocycles. The third-order valence-corrected chi connectivity index (χ3v) is 5.61. The molecule has 4 rings (SSSR count). The second-order valence-electron chi connectivity index (χ2n) is 6.52. The quantitative estimate of drug-likeness (QED) is 0.505. The van der Waals surface area contributed by atoms with Crippen molar-refractivity contribution >= 4 is 44.7 Å². The Hall–Kier alpha value is -3.03. The lowest BCUT2D eigenvalue weighted by molar-refractivity contribution is -0.116. The minimum absolute atomic E-state index is 0.178. The summed E-state index contributed by atoms with van der Waals surface area (Å²) < 4.78 is 14.5. The summed E-state index contributed by atoms with van der Waals surface area (Å²) in [5.74, 6) is -0.699. The monoisotopic (exact) mass is 427 g/mol. The van der Waals surface area contributed by atoms with Gasteiger partial charge in [-0.15, -0.1) is 11.3 Å². The summed E-state index contributed by atoms with van der Waals surface area (Å²) >= 11 is 7.27. The van der Waals surface area contributed by atoms with Gasteiger partial charge in [0.25, 0.3) is 5.56 Å². The molecule has 0 aliphatic heterocycles. The number of aromatic nitrogens is 2. The molecule has 5 nitrogen and oxygen atoms in total. The Morgan fingerprint density at radius 1 is 1.24 bits per heavy atom. The van der Waals surface area contributed by atoms with E-state index in [1.54, 1.807) is 30.3 Å². The molecule has 1 amide bonds. The van der Waals surface area contributed by atoms with Gasteiger partial charge in [0.1, 0.15) is 17.2 Å². The summed E-state index contributed by atoms with van der Waals surface area (Å²) in [6, 6.07) is 11.1. The average Bonchev–Trinajstić information content (AvgIpc) is 3.12. The van der Waals surface area contributed by atoms with E-state index in [1.165, 1.54) is 34.4 Å². The maximum atomic E-state index is 13.2. The number of nitrogens with one attached hydrogen (secondary N) is 1. The fourth-order valence-electron chi connectivity index (χ4n) is 3.03. The molecule has 0 radical (unpaired) electrons. The molecule has 0 saturated carbocycles. The molecule has 146 valence electrons. The molecule has 0 bridgehead atoms. The van der Waals surface area contributed by atoms with Crippen LogP contribution in [-0.4, -0.2) is 15.5 Å². The third kappa shape index (κ3) is 3.92. The van der Waals surface area contributed by atoms with Crippen molar-refractivity contribution in [2.75, 3.05) is 5.32 Å². The Morgan fingerprint density at radius 3 is 2.72 bits per heavy atom. The standard InChI is InChI=1S/C21H15ClFN3O2S/c1-12-8-14(22)4-7-17(12)25-18(27)9-26-11-24-20-19(21(26)28)16(10-29-20)13-2-5-15(23)6-3-13/h2-8,10-11H,9H2,1H3,(H,25,27). The second kappa shape index (κ2) is 7.77. The number of benzene rings is 2. The van der Waals surface area contributed by atoms with Gasteiger partial charge in [-0.25, -0.2) is 9.37 Å². The first-order valence-electron chi connectivity index (χ1n) is 8.71. The van der Waals surface area contributed by atoms with Crippen LogP contribution in [0.2, 0.25) is 5.02 Å². The van der Waals surface area contributed by atoms with Gasteiger partial charge >= 0.3 is 0 Å². The van der Waals surface area contributed by atoms with Crippen LogP contribution in [0, 0.1) is 12.7 Å². The zero-order chi connectivity index (χ0) is 20.5. The first-order valence-corrected chi connectivity index (χ1v) is 9.97. The molecule has 0 unspecified atom stereocenters. The van der Waals surface area contributed by atoms with Crippen LogP contribution in [0.25, 0.3) is 21.3 Å². The number of anilines is 1. The molecule has 0 saturated heterocycles. The van der Waals surface area contributed by atoms with Crippen molar-refractivity contribution in [3.63, 3.8) is 0 Å². The summed E-state index contributed by atoms with van der Waals surface area (Å²) in [6.07, 6.45) is 1.36. The van der Waals surface area contributed by atoms with Gasteiger partial charge < -0.3 is 5.32 Å². The predicted molar refractivity (Wildman–Crippen MR) is 114 cm³/mol. The molecule has 2 aromatic heterocycles. The van der Waals surface area contributed by atoms with Crippen molar-refractivity contribution in [3.8, 4) is 11.1 Å². The van der Waals surface area contributed by atoms with Crippen LogP contribution in [0.5, 0.6) is 0 Å². The molecule has 4 aromatic rings. The summed E-state index contributed by atoms with van der Waals surface area (Å²) in [4.78, 5) is 30.3. The summed E-state index contributed by atoms with van der Waals surface area (Å²) in [5, 5.41) is 5.59. The zero-order valence-corrected chi connectivity index (χ0v) is 16.9. The van der Waals surface area contributed by atoms with E-state index in [4.69, 9.17) is 11.6 Å². The molecule has 0 fully saturated rings. The van der Waals surface area contributed by atoms with Crippen LogP contribution in [0.1, 0.15) is 5.56 Å². The number of fused-ring (bicyclic) bond motifs is 1. The molecule has 0 aliphatic rings. The largest absolute Gasteiger partial charge is 0.324 e. The number of thiophene rings is 1. The van der Waals surface area contributed by atoms with E-state index in [2.05, 4.69) is 10.3 Å². The predicted octanol–water partition coefficient (Wildman–Crippen LogP) is 4.86. The van der Waals surface area contributed by atoms with E-state index in [0.29, 0.717) is 26.5 Å². The minimum atomic E-state index is -0.350. The van der Waals surface area contributed by atoms with E-state index in [1.807, 2.05) is 12.3 Å². The number of rotatable bonds is 4. The normalized spacial score (nSPS) is 11.0. The van der Waals surface area contributed by atoms with E-state index in [0.717, 1.165) is 11.1 Å². The Balaban J connectivity index is 1.65. The fourth-order valence-corrected chi connectivity index (χ4v) is 4.17. The van der Waals surface area contributed by atoms with Gasteiger partial charge in [-0.2, -0.15) is 0 Å². The number of hydrogen-bond acceptors (Lipinski definition) is 4. The third-order valence-electron chi connectivity index (χ3n) is 4.49. The van der Waals surface area contributed by atoms with E-state index in [9.17, 15) is 14.0 Å². The van der Waals surface area contributed by atoms with Crippen LogP contribution in [0.4, 0.5) is 10.1 Å². The number of hydrogen-bond donors (Lipinski definition) is 1. The van der Waals surface area contributed by atoms with Crippen LogP contribution >= 0.6 is 22.9 Å². The fraction of sp³-hybridized carbons (Fsp3) is 0.0952. The van der Waals surface area contributed by atoms with Crippen LogP contribution in [-0.2, 0) is 11.3 Å². The SMILES string of the molecule is Cc1cc(Cl)ccc1NC(=O)Cn1cnc2scc(-c3ccc(F)cc3)c2c1=O. The van der Waals surface area contributed by atoms with Crippen LogP contribution < -0.4 is 10.9 Å². The van der Waals surface area contributed by atoms with Crippen LogP contribution in [0.3, 0.4) is 0 Å². The van der Waals surface area contributed by atoms with Crippen molar-refractivity contribution < 1.29 is 9.18 Å². The van der Waals surface area contributed by atoms with Gasteiger partial charge in [-0.1, -0.05) is 23.7 Å². The second-order valence-corrected chi connectivity index (χ2v) is 7.82. The smallest absolute Gasteiger partial charge is 0.263 e. The molecule has 0 spiro atoms. The number of aryl methyl sites for hydroxylation is 1. The Labute approximate surface area is 174 Å². The van der Waals surface area contributed by atoms with Crippen molar-refractivity contribution in [1.82, 2.24) is 9.55 Å². The number of carbonyl (C=O) groups excluding carboxylic acids is 1. The van der Waals surface area contributed by atoms with Crippen molar-refractivity contribution in [2.45, 2.75) is 13.5 Å². The van der Waals surface area contributed by atoms with Gasteiger partial charge in [0.15, 0.2) is 0 Å². The molecule has 1 N–H and O–H groups in total. The average molecular weight is 428 g/mol. The van der Waals surface area contributed by atoms with Crippen molar-refractivity contribution in [3.05, 3.63) is 80.9 Å². The van der Waals surface area contributed by atoms with E-state index >= 15 is 0 Å². The summed E-state index contributed by atoms with van der Waals surface area (Å²) in [7, 11) is 0. The highest BCUT2D eigenvalue weighted by molar-refractivity contribution is 7.17. The van der Waals surface area contributed by atoms with Gasteiger partial charge in [-0.05, 0) is 48.4 Å². The lowest BCUT2D eigenvalue weighted by atomic mass is 10.1. The molecule has 0 atom stereocenters. The molecular formula is C21H15ClFN3O2S. The first-order chi connectivity index (χ1) is 13.9. The zero-order valence-electron chi connectivity index (χ0n) is 15.3. The number of nitrogens with zero attached hydrogens (tertiary/aromatic N) is 2. The lowest BCUT2D eigenvalue weighted by Crippen LogP contribution is -2.28. The van der Waals surface area contributed by atoms with Gasteiger partial charge in [0.05, 0.1) is 11.7 Å². The minimum Gasteiger partial charge on any atom is -0.324 e. The van der Waals surface area contributed by atoms with Gasteiger partial charge in [0.2, 0.25) is 5.91 Å². The van der Waals surface area contributed by atoms with Gasteiger partial charge in [0, 0.05) is 21.7 Å². The topological polar surface area (TPSA) is 64.0 Å². The highest BCUT2D eigenvalue weighted by atomic mass is 35.5. The summed E-state index contributed by atoms with van der Waals surface area (Å²) in [5.41, 5.74) is 2.52. The molecule has 29 heavy (non-hydrogen) atoms. The van der Waals surface area contributed by atoms with Crippen LogP contribution in [0.15, 0.2) is 59.0 Å². The van der Waals surface area contributed by atoms with Crippen molar-refractivity contribution in [1.29, 1.82) is 0 Å². The Morgan fingerprint density at radius 2 is 2.00 bits per heavy atom. The Kier molecular flexibility index (Phi) is 5.17. The number of halogens is 2. The molecular weight excluding hydrogens is 413 g/mol. The molecule has 2 aromatic carbocycles. The highest BCUT2D eigenvalue weighted by Gasteiger charge is 2.15. The first kappa shape index (κ1) is 19.3. The van der Waals surface area contributed by atoms with E-state index in [-0.39, 0.29) is 23.8 Å². The Bertz CT molecular complexity index is 1280. The highest BCUT2D eigenvalue weighted by Crippen LogP contribution is 2.30. The number of carbonyl (C=O) groups is 1.